The average Bonchev–Trinajstić information content (AvgIpc) is 2.36. The summed E-state index contributed by atoms with van der Waals surface area (Å²) in [5.41, 5.74) is 0. The van der Waals surface area contributed by atoms with Crippen LogP contribution in [0.3, 0.4) is 0 Å². The molecule has 2 N–H and O–H groups in total. The second-order valence-electron chi connectivity index (χ2n) is 3.65. The van der Waals surface area contributed by atoms with Crippen LogP contribution >= 0.6 is 0 Å². The number of rotatable bonds is 8. The molecule has 1 heterocycles. The zero-order chi connectivity index (χ0) is 13.4. The van der Waals surface area contributed by atoms with Gasteiger partial charge in [-0.15, -0.1) is 6.58 Å². The highest BCUT2D eigenvalue weighted by molar-refractivity contribution is 5.77. The maximum atomic E-state index is 11.0. The molecule has 0 saturated carbocycles. The Kier molecular flexibility index (Phi) is 5.63. The lowest BCUT2D eigenvalue weighted by atomic mass is 10.2. The Morgan fingerprint density at radius 3 is 3.06 bits per heavy atom. The van der Waals surface area contributed by atoms with Crippen molar-refractivity contribution in [2.45, 2.75) is 25.8 Å². The lowest BCUT2D eigenvalue weighted by Gasteiger charge is -2.13. The third-order valence-electron chi connectivity index (χ3n) is 2.09. The molecule has 0 aliphatic heterocycles. The second kappa shape index (κ2) is 7.26. The van der Waals surface area contributed by atoms with Gasteiger partial charge in [-0.3, -0.25) is 4.98 Å². The molecule has 0 bridgehead atoms. The number of carboxylic acid groups (broad SMARTS) is 1. The third-order valence-corrected chi connectivity index (χ3v) is 2.09. The van der Waals surface area contributed by atoms with Crippen molar-refractivity contribution in [1.82, 2.24) is 9.97 Å². The minimum atomic E-state index is -0.962. The van der Waals surface area contributed by atoms with Crippen LogP contribution in [0.5, 0.6) is 5.88 Å². The van der Waals surface area contributed by atoms with Gasteiger partial charge in [-0.1, -0.05) is 13.0 Å². The number of carbonyl (C=O) groups is 1. The van der Waals surface area contributed by atoms with Crippen molar-refractivity contribution < 1.29 is 14.6 Å². The van der Waals surface area contributed by atoms with Gasteiger partial charge in [0.1, 0.15) is 11.9 Å². The molecule has 18 heavy (non-hydrogen) atoms. The van der Waals surface area contributed by atoms with Crippen LogP contribution in [0.25, 0.3) is 0 Å². The predicted molar refractivity (Wildman–Crippen MR) is 67.7 cm³/mol. The van der Waals surface area contributed by atoms with E-state index in [1.165, 1.54) is 18.5 Å². The first-order valence-electron chi connectivity index (χ1n) is 5.72. The predicted octanol–water partition coefficient (Wildman–Crippen LogP) is 1.71. The molecule has 0 aliphatic carbocycles. The maximum absolute atomic E-state index is 11.0. The molecule has 1 atom stereocenters. The number of ether oxygens (including phenoxy) is 1. The quantitative estimate of drug-likeness (QED) is 0.684. The molecule has 0 aromatic carbocycles. The fourth-order valence-electron chi connectivity index (χ4n) is 1.26. The molecule has 0 aliphatic rings. The van der Waals surface area contributed by atoms with Crippen molar-refractivity contribution in [2.75, 3.05) is 11.9 Å². The number of aromatic nitrogens is 2. The van der Waals surface area contributed by atoms with Crippen LogP contribution < -0.4 is 10.1 Å². The Hall–Kier alpha value is -2.11. The third kappa shape index (κ3) is 4.40. The Balaban J connectivity index is 2.70. The fraction of sp³-hybridized carbons (Fsp3) is 0.417. The molecular formula is C12H17N3O3. The summed E-state index contributed by atoms with van der Waals surface area (Å²) in [6, 6.07) is -0.766. The largest absolute Gasteiger partial charge is 0.480 e. The van der Waals surface area contributed by atoms with Crippen molar-refractivity contribution in [3.63, 3.8) is 0 Å². The molecule has 1 aromatic rings. The average molecular weight is 251 g/mol. The molecule has 1 rings (SSSR count). The molecule has 98 valence electrons. The summed E-state index contributed by atoms with van der Waals surface area (Å²) in [7, 11) is 0. The van der Waals surface area contributed by atoms with E-state index in [4.69, 9.17) is 9.84 Å². The normalized spacial score (nSPS) is 11.6. The summed E-state index contributed by atoms with van der Waals surface area (Å²) in [5, 5.41) is 11.8. The minimum Gasteiger partial charge on any atom is -0.480 e. The topological polar surface area (TPSA) is 84.3 Å². The highest BCUT2D eigenvalue weighted by atomic mass is 16.5. The van der Waals surface area contributed by atoms with Gasteiger partial charge < -0.3 is 15.2 Å². The Bertz CT molecular complexity index is 409. The summed E-state index contributed by atoms with van der Waals surface area (Å²) in [4.78, 5) is 19.0. The summed E-state index contributed by atoms with van der Waals surface area (Å²) < 4.78 is 5.32. The first-order valence-corrected chi connectivity index (χ1v) is 5.72. The molecule has 0 spiro atoms. The van der Waals surface area contributed by atoms with Gasteiger partial charge in [-0.25, -0.2) is 4.79 Å². The Morgan fingerprint density at radius 1 is 1.67 bits per heavy atom. The van der Waals surface area contributed by atoms with E-state index in [-0.39, 0.29) is 0 Å². The minimum absolute atomic E-state index is 0.303. The van der Waals surface area contributed by atoms with Gasteiger partial charge in [0.25, 0.3) is 0 Å². The molecule has 0 radical (unpaired) electrons. The van der Waals surface area contributed by atoms with Crippen LogP contribution in [0.15, 0.2) is 25.0 Å². The standard InChI is InChI=1S/C12H17N3O3/c1-3-5-9(12(16)17)14-10-7-13-8-11(15-10)18-6-4-2/h3,7-9H,1,4-6H2,2H3,(H,14,15)(H,16,17). The number of hydrogen-bond acceptors (Lipinski definition) is 5. The second-order valence-corrected chi connectivity index (χ2v) is 3.65. The fourth-order valence-corrected chi connectivity index (χ4v) is 1.26. The highest BCUT2D eigenvalue weighted by Crippen LogP contribution is 2.11. The van der Waals surface area contributed by atoms with E-state index in [2.05, 4.69) is 21.9 Å². The molecule has 6 nitrogen and oxygen atoms in total. The molecule has 0 saturated heterocycles. The van der Waals surface area contributed by atoms with Crippen LogP contribution in [0, 0.1) is 0 Å². The van der Waals surface area contributed by atoms with E-state index in [1.54, 1.807) is 0 Å². The molecule has 1 unspecified atom stereocenters. The van der Waals surface area contributed by atoms with Crippen molar-refractivity contribution in [3.8, 4) is 5.88 Å². The van der Waals surface area contributed by atoms with E-state index in [0.29, 0.717) is 24.7 Å². The van der Waals surface area contributed by atoms with Crippen molar-refractivity contribution in [2.24, 2.45) is 0 Å². The first kappa shape index (κ1) is 14.0. The van der Waals surface area contributed by atoms with Crippen molar-refractivity contribution in [3.05, 3.63) is 25.0 Å². The number of anilines is 1. The number of carboxylic acids is 1. The Labute approximate surface area is 106 Å². The van der Waals surface area contributed by atoms with Gasteiger partial charge in [0.05, 0.1) is 19.0 Å². The van der Waals surface area contributed by atoms with E-state index in [1.807, 2.05) is 6.92 Å². The molecule has 1 aromatic heterocycles. The van der Waals surface area contributed by atoms with Crippen LogP contribution in [0.2, 0.25) is 0 Å². The van der Waals surface area contributed by atoms with E-state index in [9.17, 15) is 4.79 Å². The first-order chi connectivity index (χ1) is 8.67. The van der Waals surface area contributed by atoms with E-state index in [0.717, 1.165) is 6.42 Å². The molecule has 0 amide bonds. The zero-order valence-corrected chi connectivity index (χ0v) is 10.3. The molecule has 0 fully saturated rings. The van der Waals surface area contributed by atoms with Crippen LogP contribution in [-0.4, -0.2) is 33.7 Å². The summed E-state index contributed by atoms with van der Waals surface area (Å²) in [6.45, 7) is 6.05. The van der Waals surface area contributed by atoms with E-state index < -0.39 is 12.0 Å². The molecular weight excluding hydrogens is 234 g/mol. The highest BCUT2D eigenvalue weighted by Gasteiger charge is 2.16. The van der Waals surface area contributed by atoms with Gasteiger partial charge >= 0.3 is 5.97 Å². The SMILES string of the molecule is C=CCC(Nc1cncc(OCCC)n1)C(=O)O. The smallest absolute Gasteiger partial charge is 0.326 e. The number of aliphatic carboxylic acids is 1. The van der Waals surface area contributed by atoms with Crippen LogP contribution in [-0.2, 0) is 4.79 Å². The summed E-state index contributed by atoms with van der Waals surface area (Å²) in [6.07, 6.45) is 5.66. The van der Waals surface area contributed by atoms with Crippen LogP contribution in [0.4, 0.5) is 5.82 Å². The number of nitrogens with zero attached hydrogens (tertiary/aromatic N) is 2. The maximum Gasteiger partial charge on any atom is 0.326 e. The Morgan fingerprint density at radius 2 is 2.44 bits per heavy atom. The lowest BCUT2D eigenvalue weighted by Crippen LogP contribution is -2.29. The number of hydrogen-bond donors (Lipinski definition) is 2. The van der Waals surface area contributed by atoms with Gasteiger partial charge in [0.15, 0.2) is 0 Å². The summed E-state index contributed by atoms with van der Waals surface area (Å²) >= 11 is 0. The molecule has 6 heteroatoms. The van der Waals surface area contributed by atoms with Crippen molar-refractivity contribution >= 4 is 11.8 Å². The monoisotopic (exact) mass is 251 g/mol. The number of nitrogens with one attached hydrogen (secondary N) is 1. The van der Waals surface area contributed by atoms with Crippen molar-refractivity contribution in [1.29, 1.82) is 0 Å². The van der Waals surface area contributed by atoms with Gasteiger partial charge in [-0.05, 0) is 12.8 Å². The van der Waals surface area contributed by atoms with Crippen LogP contribution in [0.1, 0.15) is 19.8 Å². The van der Waals surface area contributed by atoms with Gasteiger partial charge in [-0.2, -0.15) is 4.98 Å². The van der Waals surface area contributed by atoms with E-state index >= 15 is 0 Å². The van der Waals surface area contributed by atoms with Gasteiger partial charge in [0, 0.05) is 0 Å². The zero-order valence-electron chi connectivity index (χ0n) is 10.3. The lowest BCUT2D eigenvalue weighted by molar-refractivity contribution is -0.137. The van der Waals surface area contributed by atoms with Gasteiger partial charge in [0.2, 0.25) is 5.88 Å². The summed E-state index contributed by atoms with van der Waals surface area (Å²) in [5.74, 6) is -0.209.